The third-order valence-corrected chi connectivity index (χ3v) is 2.74. The second kappa shape index (κ2) is 6.84. The number of allylic oxidation sites excluding steroid dienone is 2. The van der Waals surface area contributed by atoms with Crippen LogP contribution in [0.5, 0.6) is 0 Å². The zero-order chi connectivity index (χ0) is 9.40. The average molecular weight is 196 g/mol. The molecule has 0 spiro atoms. The first-order valence-corrected chi connectivity index (χ1v) is 4.88. The standard InChI is InChI=1S/C8H8N2S2/c1-3-7(11-5-9)8(4-2)12-6-10/h3-4H,1-2H3/b7-3-,8-4+. The van der Waals surface area contributed by atoms with Crippen molar-refractivity contribution in [1.82, 2.24) is 0 Å². The van der Waals surface area contributed by atoms with Crippen LogP contribution < -0.4 is 0 Å². The lowest BCUT2D eigenvalue weighted by Gasteiger charge is -2.00. The number of rotatable bonds is 3. The molecular weight excluding hydrogens is 188 g/mol. The number of hydrogen-bond acceptors (Lipinski definition) is 4. The summed E-state index contributed by atoms with van der Waals surface area (Å²) in [5.41, 5.74) is 0. The van der Waals surface area contributed by atoms with Crippen molar-refractivity contribution in [2.75, 3.05) is 0 Å². The van der Waals surface area contributed by atoms with Gasteiger partial charge in [-0.15, -0.1) is 0 Å². The van der Waals surface area contributed by atoms with Crippen LogP contribution in [0.1, 0.15) is 13.8 Å². The largest absolute Gasteiger partial charge is 0.185 e. The number of hydrogen-bond donors (Lipinski definition) is 0. The van der Waals surface area contributed by atoms with Gasteiger partial charge in [0.1, 0.15) is 10.8 Å². The summed E-state index contributed by atoms with van der Waals surface area (Å²) in [6.45, 7) is 3.70. The first-order valence-electron chi connectivity index (χ1n) is 3.25. The van der Waals surface area contributed by atoms with Gasteiger partial charge in [-0.3, -0.25) is 0 Å². The fraction of sp³-hybridized carbons (Fsp3) is 0.250. The van der Waals surface area contributed by atoms with E-state index in [0.29, 0.717) is 0 Å². The maximum absolute atomic E-state index is 8.43. The highest BCUT2D eigenvalue weighted by atomic mass is 32.2. The van der Waals surface area contributed by atoms with Crippen molar-refractivity contribution in [1.29, 1.82) is 10.5 Å². The van der Waals surface area contributed by atoms with E-state index in [1.807, 2.05) is 36.8 Å². The van der Waals surface area contributed by atoms with Crippen molar-refractivity contribution in [2.24, 2.45) is 0 Å². The van der Waals surface area contributed by atoms with Gasteiger partial charge in [0.05, 0.1) is 0 Å². The van der Waals surface area contributed by atoms with Crippen LogP contribution in [0.25, 0.3) is 0 Å². The topological polar surface area (TPSA) is 47.6 Å². The summed E-state index contributed by atoms with van der Waals surface area (Å²) in [4.78, 5) is 1.68. The van der Waals surface area contributed by atoms with Gasteiger partial charge in [-0.25, -0.2) is 0 Å². The fourth-order valence-corrected chi connectivity index (χ4v) is 1.72. The van der Waals surface area contributed by atoms with Crippen molar-refractivity contribution in [2.45, 2.75) is 13.8 Å². The summed E-state index contributed by atoms with van der Waals surface area (Å²) in [6.07, 6.45) is 3.65. The summed E-state index contributed by atoms with van der Waals surface area (Å²) >= 11 is 2.15. The molecule has 0 bridgehead atoms. The molecule has 62 valence electrons. The molecule has 0 N–H and O–H groups in total. The Labute approximate surface area is 80.9 Å². The van der Waals surface area contributed by atoms with E-state index in [2.05, 4.69) is 0 Å². The van der Waals surface area contributed by atoms with Crippen LogP contribution in [0.4, 0.5) is 0 Å². The molecule has 0 aromatic carbocycles. The minimum absolute atomic E-state index is 0.839. The molecule has 0 radical (unpaired) electrons. The maximum atomic E-state index is 8.43. The Hall–Kier alpha value is -0.840. The molecule has 0 heterocycles. The van der Waals surface area contributed by atoms with Gasteiger partial charge < -0.3 is 0 Å². The first-order chi connectivity index (χ1) is 5.79. The summed E-state index contributed by atoms with van der Waals surface area (Å²) in [5, 5.41) is 20.8. The summed E-state index contributed by atoms with van der Waals surface area (Å²) < 4.78 is 0. The second-order valence-corrected chi connectivity index (χ2v) is 3.35. The zero-order valence-corrected chi connectivity index (χ0v) is 8.50. The first kappa shape index (κ1) is 11.2. The van der Waals surface area contributed by atoms with Crippen LogP contribution in [0.15, 0.2) is 22.0 Å². The summed E-state index contributed by atoms with van der Waals surface area (Å²) in [6, 6.07) is 0. The Morgan fingerprint density at radius 2 is 1.33 bits per heavy atom. The normalized spacial score (nSPS) is 12.0. The Kier molecular flexibility index (Phi) is 6.37. The molecule has 0 unspecified atom stereocenters. The maximum Gasteiger partial charge on any atom is 0.138 e. The summed E-state index contributed by atoms with van der Waals surface area (Å²) in [5.74, 6) is 0. The van der Waals surface area contributed by atoms with E-state index >= 15 is 0 Å². The van der Waals surface area contributed by atoms with Gasteiger partial charge in [0.25, 0.3) is 0 Å². The SMILES string of the molecule is C/C=C(SC#N)/C(=C\C)SC#N. The molecule has 0 saturated carbocycles. The van der Waals surface area contributed by atoms with Crippen molar-refractivity contribution in [3.05, 3.63) is 22.0 Å². The molecule has 12 heavy (non-hydrogen) atoms. The minimum Gasteiger partial charge on any atom is -0.185 e. The van der Waals surface area contributed by atoms with E-state index in [1.54, 1.807) is 0 Å². The highest BCUT2D eigenvalue weighted by molar-refractivity contribution is 8.12. The van der Waals surface area contributed by atoms with Crippen molar-refractivity contribution >= 4 is 23.5 Å². The van der Waals surface area contributed by atoms with Crippen molar-refractivity contribution < 1.29 is 0 Å². The van der Waals surface area contributed by atoms with Gasteiger partial charge in [0.2, 0.25) is 0 Å². The molecule has 0 rings (SSSR count). The molecule has 0 aliphatic rings. The smallest absolute Gasteiger partial charge is 0.138 e. The Morgan fingerprint density at radius 1 is 1.00 bits per heavy atom. The van der Waals surface area contributed by atoms with E-state index in [4.69, 9.17) is 10.5 Å². The van der Waals surface area contributed by atoms with Gasteiger partial charge in [-0.2, -0.15) is 10.5 Å². The molecule has 4 heteroatoms. The number of nitriles is 2. The Balaban J connectivity index is 4.53. The third-order valence-electron chi connectivity index (χ3n) is 1.08. The fourth-order valence-electron chi connectivity index (χ4n) is 0.601. The van der Waals surface area contributed by atoms with Crippen LogP contribution in [0, 0.1) is 21.3 Å². The summed E-state index contributed by atoms with van der Waals surface area (Å²) in [7, 11) is 0. The van der Waals surface area contributed by atoms with Gasteiger partial charge in [-0.05, 0) is 37.4 Å². The van der Waals surface area contributed by atoms with Crippen LogP contribution >= 0.6 is 23.5 Å². The Morgan fingerprint density at radius 3 is 1.50 bits per heavy atom. The van der Waals surface area contributed by atoms with Gasteiger partial charge in [0, 0.05) is 9.81 Å². The second-order valence-electron chi connectivity index (χ2n) is 1.69. The molecular formula is C8H8N2S2. The van der Waals surface area contributed by atoms with Gasteiger partial charge in [-0.1, -0.05) is 12.2 Å². The molecule has 0 saturated heterocycles. The highest BCUT2D eigenvalue weighted by Crippen LogP contribution is 2.30. The van der Waals surface area contributed by atoms with Crippen LogP contribution in [-0.4, -0.2) is 0 Å². The third kappa shape index (κ3) is 3.52. The van der Waals surface area contributed by atoms with E-state index in [9.17, 15) is 0 Å². The monoisotopic (exact) mass is 196 g/mol. The predicted octanol–water partition coefficient (Wildman–Crippen LogP) is 3.22. The lowest BCUT2D eigenvalue weighted by molar-refractivity contribution is 1.56. The van der Waals surface area contributed by atoms with Crippen LogP contribution in [0.2, 0.25) is 0 Å². The zero-order valence-electron chi connectivity index (χ0n) is 6.87. The van der Waals surface area contributed by atoms with E-state index in [0.717, 1.165) is 33.3 Å². The van der Waals surface area contributed by atoms with Crippen molar-refractivity contribution in [3.8, 4) is 10.8 Å². The van der Waals surface area contributed by atoms with E-state index in [-0.39, 0.29) is 0 Å². The molecule has 0 amide bonds. The van der Waals surface area contributed by atoms with E-state index in [1.165, 1.54) is 0 Å². The van der Waals surface area contributed by atoms with Crippen molar-refractivity contribution in [3.63, 3.8) is 0 Å². The van der Waals surface area contributed by atoms with Gasteiger partial charge in [0.15, 0.2) is 0 Å². The van der Waals surface area contributed by atoms with Crippen LogP contribution in [0.3, 0.4) is 0 Å². The lowest BCUT2D eigenvalue weighted by atomic mass is 10.4. The highest BCUT2D eigenvalue weighted by Gasteiger charge is 2.03. The Bertz CT molecular complexity index is 248. The average Bonchev–Trinajstić information content (AvgIpc) is 2.11. The van der Waals surface area contributed by atoms with Gasteiger partial charge >= 0.3 is 0 Å². The van der Waals surface area contributed by atoms with E-state index < -0.39 is 0 Å². The minimum atomic E-state index is 0.839. The predicted molar refractivity (Wildman–Crippen MR) is 53.9 cm³/mol. The molecule has 0 aliphatic carbocycles. The van der Waals surface area contributed by atoms with Crippen LogP contribution in [-0.2, 0) is 0 Å². The number of nitrogens with zero attached hydrogens (tertiary/aromatic N) is 2. The molecule has 0 fully saturated rings. The molecule has 0 aromatic rings. The molecule has 2 nitrogen and oxygen atoms in total. The molecule has 0 aliphatic heterocycles. The number of thioether (sulfide) groups is 2. The molecule has 0 aromatic heterocycles. The quantitative estimate of drug-likeness (QED) is 0.513. The number of thiocyanates is 2. The molecule has 0 atom stereocenters. The lowest BCUT2D eigenvalue weighted by Crippen LogP contribution is -1.76.